The molecule has 0 aliphatic carbocycles. The van der Waals surface area contributed by atoms with E-state index in [-0.39, 0.29) is 6.04 Å². The van der Waals surface area contributed by atoms with Gasteiger partial charge in [0.05, 0.1) is 16.8 Å². The summed E-state index contributed by atoms with van der Waals surface area (Å²) in [6, 6.07) is 6.07. The molecule has 1 unspecified atom stereocenters. The second-order valence-electron chi connectivity index (χ2n) is 4.33. The van der Waals surface area contributed by atoms with Crippen LogP contribution in [0.3, 0.4) is 0 Å². The van der Waals surface area contributed by atoms with Crippen LogP contribution in [0.1, 0.15) is 31.3 Å². The van der Waals surface area contributed by atoms with Crippen LogP contribution < -0.4 is 10.6 Å². The number of rotatable bonds is 5. The summed E-state index contributed by atoms with van der Waals surface area (Å²) in [5, 5.41) is 14.8. The Hall–Kier alpha value is -1.59. The van der Waals surface area contributed by atoms with E-state index in [9.17, 15) is 0 Å². The average Bonchev–Trinajstić information content (AvgIpc) is 2.83. The summed E-state index contributed by atoms with van der Waals surface area (Å²) >= 11 is 6.10. The van der Waals surface area contributed by atoms with Gasteiger partial charge >= 0.3 is 6.01 Å². The summed E-state index contributed by atoms with van der Waals surface area (Å²) in [4.78, 5) is 0. The first-order valence-electron chi connectivity index (χ1n) is 6.20. The second kappa shape index (κ2) is 6.04. The van der Waals surface area contributed by atoms with E-state index in [1.807, 2.05) is 39.0 Å². The number of nitrogens with zero attached hydrogens (tertiary/aromatic N) is 2. The fourth-order valence-corrected chi connectivity index (χ4v) is 1.87. The van der Waals surface area contributed by atoms with Crippen molar-refractivity contribution in [2.24, 2.45) is 0 Å². The zero-order valence-electron chi connectivity index (χ0n) is 11.2. The van der Waals surface area contributed by atoms with Crippen LogP contribution in [0.25, 0.3) is 0 Å². The Labute approximate surface area is 117 Å². The Kier molecular flexibility index (Phi) is 4.39. The molecule has 2 N–H and O–H groups in total. The molecule has 0 fully saturated rings. The van der Waals surface area contributed by atoms with Crippen molar-refractivity contribution in [2.75, 3.05) is 11.9 Å². The predicted molar refractivity (Wildman–Crippen MR) is 75.9 cm³/mol. The molecule has 2 rings (SSSR count). The highest BCUT2D eigenvalue weighted by Gasteiger charge is 2.13. The number of benzene rings is 1. The summed E-state index contributed by atoms with van der Waals surface area (Å²) in [6.07, 6.45) is 0. The Bertz CT molecular complexity index is 555. The number of halogens is 1. The van der Waals surface area contributed by atoms with Gasteiger partial charge in [-0.15, -0.1) is 5.10 Å². The lowest BCUT2D eigenvalue weighted by atomic mass is 10.2. The maximum atomic E-state index is 6.10. The molecule has 19 heavy (non-hydrogen) atoms. The molecule has 0 aliphatic rings. The van der Waals surface area contributed by atoms with Gasteiger partial charge in [-0.3, -0.25) is 0 Å². The van der Waals surface area contributed by atoms with Gasteiger partial charge in [-0.25, -0.2) is 0 Å². The van der Waals surface area contributed by atoms with E-state index in [1.165, 1.54) is 0 Å². The van der Waals surface area contributed by atoms with Crippen molar-refractivity contribution in [3.63, 3.8) is 0 Å². The normalized spacial score (nSPS) is 12.4. The molecule has 0 radical (unpaired) electrons. The molecule has 102 valence electrons. The van der Waals surface area contributed by atoms with Gasteiger partial charge in [-0.05, 0) is 38.1 Å². The summed E-state index contributed by atoms with van der Waals surface area (Å²) < 4.78 is 5.54. The second-order valence-corrected chi connectivity index (χ2v) is 4.74. The topological polar surface area (TPSA) is 63.0 Å². The molecule has 0 spiro atoms. The van der Waals surface area contributed by atoms with E-state index in [0.717, 1.165) is 17.8 Å². The third-order valence-corrected chi connectivity index (χ3v) is 3.01. The van der Waals surface area contributed by atoms with Gasteiger partial charge in [0.15, 0.2) is 0 Å². The highest BCUT2D eigenvalue weighted by atomic mass is 35.5. The first-order valence-corrected chi connectivity index (χ1v) is 6.58. The minimum absolute atomic E-state index is 0.0287. The molecule has 1 aromatic heterocycles. The third-order valence-electron chi connectivity index (χ3n) is 2.68. The molecule has 0 saturated carbocycles. The third kappa shape index (κ3) is 3.45. The zero-order chi connectivity index (χ0) is 13.8. The van der Waals surface area contributed by atoms with Crippen molar-refractivity contribution < 1.29 is 4.42 Å². The van der Waals surface area contributed by atoms with Crippen LogP contribution in [0.4, 0.5) is 11.7 Å². The fraction of sp³-hybridized carbons (Fsp3) is 0.385. The number of nitrogens with one attached hydrogen (secondary N) is 2. The average molecular weight is 281 g/mol. The minimum Gasteiger partial charge on any atom is -0.406 e. The molecule has 0 amide bonds. The number of aromatic nitrogens is 2. The number of anilines is 2. The quantitative estimate of drug-likeness (QED) is 0.878. The molecule has 1 aromatic carbocycles. The van der Waals surface area contributed by atoms with Crippen molar-refractivity contribution in [3.8, 4) is 0 Å². The molecule has 1 atom stereocenters. The maximum Gasteiger partial charge on any atom is 0.320 e. The number of hydrogen-bond acceptors (Lipinski definition) is 5. The van der Waals surface area contributed by atoms with Crippen LogP contribution in [-0.2, 0) is 0 Å². The highest BCUT2D eigenvalue weighted by molar-refractivity contribution is 6.33. The van der Waals surface area contributed by atoms with E-state index in [4.69, 9.17) is 16.0 Å². The van der Waals surface area contributed by atoms with Crippen LogP contribution in [0.5, 0.6) is 0 Å². The SMILES string of the molecule is CCNC(C)c1nnc(Nc2cc(C)ccc2Cl)o1. The lowest BCUT2D eigenvalue weighted by molar-refractivity contribution is 0.430. The van der Waals surface area contributed by atoms with Crippen LogP contribution in [0, 0.1) is 6.92 Å². The van der Waals surface area contributed by atoms with Gasteiger partial charge in [-0.2, -0.15) is 0 Å². The Balaban J connectivity index is 2.13. The van der Waals surface area contributed by atoms with Crippen LogP contribution in [-0.4, -0.2) is 16.7 Å². The fourth-order valence-electron chi connectivity index (χ4n) is 1.70. The molecule has 1 heterocycles. The first kappa shape index (κ1) is 13.8. The highest BCUT2D eigenvalue weighted by Crippen LogP contribution is 2.26. The summed E-state index contributed by atoms with van der Waals surface area (Å²) in [7, 11) is 0. The Morgan fingerprint density at radius 1 is 1.37 bits per heavy atom. The van der Waals surface area contributed by atoms with Crippen molar-refractivity contribution >= 4 is 23.3 Å². The standard InChI is InChI=1S/C13H17ClN4O/c1-4-15-9(3)12-17-18-13(19-12)16-11-7-8(2)5-6-10(11)14/h5-7,9,15H,4H2,1-3H3,(H,16,18). The van der Waals surface area contributed by atoms with Crippen molar-refractivity contribution in [3.05, 3.63) is 34.7 Å². The van der Waals surface area contributed by atoms with Gasteiger partial charge < -0.3 is 15.1 Å². The van der Waals surface area contributed by atoms with E-state index >= 15 is 0 Å². The molecular formula is C13H17ClN4O. The zero-order valence-corrected chi connectivity index (χ0v) is 12.0. The summed E-state index contributed by atoms with van der Waals surface area (Å²) in [5.74, 6) is 0.549. The Morgan fingerprint density at radius 3 is 2.89 bits per heavy atom. The van der Waals surface area contributed by atoms with Gasteiger partial charge in [0.2, 0.25) is 5.89 Å². The summed E-state index contributed by atoms with van der Waals surface area (Å²) in [6.45, 7) is 6.84. The van der Waals surface area contributed by atoms with Crippen LogP contribution in [0.15, 0.2) is 22.6 Å². The molecule has 6 heteroatoms. The molecule has 0 saturated heterocycles. The molecule has 2 aromatic rings. The van der Waals surface area contributed by atoms with Crippen molar-refractivity contribution in [1.29, 1.82) is 0 Å². The van der Waals surface area contributed by atoms with E-state index in [2.05, 4.69) is 20.8 Å². The molecular weight excluding hydrogens is 264 g/mol. The number of aryl methyl sites for hydroxylation is 1. The van der Waals surface area contributed by atoms with E-state index < -0.39 is 0 Å². The van der Waals surface area contributed by atoms with E-state index in [0.29, 0.717) is 16.9 Å². The van der Waals surface area contributed by atoms with Gasteiger partial charge in [0, 0.05) is 0 Å². The van der Waals surface area contributed by atoms with E-state index in [1.54, 1.807) is 0 Å². The van der Waals surface area contributed by atoms with Crippen molar-refractivity contribution in [1.82, 2.24) is 15.5 Å². The minimum atomic E-state index is 0.0287. The maximum absolute atomic E-state index is 6.10. The smallest absolute Gasteiger partial charge is 0.320 e. The van der Waals surface area contributed by atoms with Gasteiger partial charge in [0.25, 0.3) is 0 Å². The molecule has 0 bridgehead atoms. The van der Waals surface area contributed by atoms with Crippen LogP contribution >= 0.6 is 11.6 Å². The lowest BCUT2D eigenvalue weighted by Gasteiger charge is -2.07. The van der Waals surface area contributed by atoms with Crippen LogP contribution in [0.2, 0.25) is 5.02 Å². The Morgan fingerprint density at radius 2 is 2.16 bits per heavy atom. The molecule has 0 aliphatic heterocycles. The van der Waals surface area contributed by atoms with Gasteiger partial charge in [0.1, 0.15) is 0 Å². The van der Waals surface area contributed by atoms with Gasteiger partial charge in [-0.1, -0.05) is 29.7 Å². The monoisotopic (exact) mass is 280 g/mol. The largest absolute Gasteiger partial charge is 0.406 e. The lowest BCUT2D eigenvalue weighted by Crippen LogP contribution is -2.17. The first-order chi connectivity index (χ1) is 9.10. The van der Waals surface area contributed by atoms with Crippen molar-refractivity contribution in [2.45, 2.75) is 26.8 Å². The predicted octanol–water partition coefficient (Wildman–Crippen LogP) is 3.45. The molecule has 5 nitrogen and oxygen atoms in total. The summed E-state index contributed by atoms with van der Waals surface area (Å²) in [5.41, 5.74) is 1.86. The number of hydrogen-bond donors (Lipinski definition) is 2.